The second-order valence-corrected chi connectivity index (χ2v) is 8.98. The molecule has 1 aliphatic heterocycles. The number of aryl methyl sites for hydroxylation is 1. The van der Waals surface area contributed by atoms with Gasteiger partial charge in [0.25, 0.3) is 5.60 Å². The van der Waals surface area contributed by atoms with Gasteiger partial charge in [0.1, 0.15) is 0 Å². The van der Waals surface area contributed by atoms with Gasteiger partial charge in [-0.2, -0.15) is 13.2 Å². The van der Waals surface area contributed by atoms with Gasteiger partial charge in [-0.15, -0.1) is 0 Å². The van der Waals surface area contributed by atoms with E-state index in [2.05, 4.69) is 23.6 Å². The van der Waals surface area contributed by atoms with E-state index in [1.807, 2.05) is 25.9 Å². The fraction of sp³-hybridized carbons (Fsp3) is 0.292. The van der Waals surface area contributed by atoms with Crippen molar-refractivity contribution in [2.24, 2.45) is 5.16 Å². The Morgan fingerprint density at radius 2 is 1.79 bits per heavy atom. The minimum Gasteiger partial charge on any atom is -0.380 e. The van der Waals surface area contributed by atoms with Crippen molar-refractivity contribution in [2.45, 2.75) is 25.1 Å². The smallest absolute Gasteiger partial charge is 0.380 e. The quantitative estimate of drug-likeness (QED) is 0.472. The van der Waals surface area contributed by atoms with Crippen molar-refractivity contribution in [3.63, 3.8) is 0 Å². The number of nitrogens with zero attached hydrogens (tertiary/aromatic N) is 2. The summed E-state index contributed by atoms with van der Waals surface area (Å²) >= 11 is 11.9. The molecule has 1 unspecified atom stereocenters. The SMILES string of the molecule is C=C(NCC(=C)N(C)C)c1ccc(C2=NOC(c3cc(Cl)cc(Cl)c3)(C(F)(F)F)C2)cc1C. The highest BCUT2D eigenvalue weighted by Crippen LogP contribution is 2.49. The molecule has 0 spiro atoms. The summed E-state index contributed by atoms with van der Waals surface area (Å²) in [6, 6.07) is 9.03. The van der Waals surface area contributed by atoms with Crippen molar-refractivity contribution in [3.05, 3.63) is 87.6 Å². The number of nitrogens with one attached hydrogen (secondary N) is 1. The van der Waals surface area contributed by atoms with E-state index >= 15 is 0 Å². The van der Waals surface area contributed by atoms with Crippen LogP contribution >= 0.6 is 23.2 Å². The van der Waals surface area contributed by atoms with Crippen LogP contribution in [0.4, 0.5) is 13.2 Å². The van der Waals surface area contributed by atoms with Crippen LogP contribution in [-0.2, 0) is 10.4 Å². The molecule has 4 nitrogen and oxygen atoms in total. The predicted molar refractivity (Wildman–Crippen MR) is 127 cm³/mol. The van der Waals surface area contributed by atoms with Gasteiger partial charge in [-0.25, -0.2) is 0 Å². The molecule has 1 atom stereocenters. The number of hydrogen-bond donors (Lipinski definition) is 1. The largest absolute Gasteiger partial charge is 0.435 e. The molecule has 1 heterocycles. The monoisotopic (exact) mass is 497 g/mol. The van der Waals surface area contributed by atoms with Crippen LogP contribution in [0.3, 0.4) is 0 Å². The number of hydrogen-bond acceptors (Lipinski definition) is 4. The molecule has 0 bridgehead atoms. The molecule has 0 aliphatic carbocycles. The van der Waals surface area contributed by atoms with Gasteiger partial charge in [-0.1, -0.05) is 53.6 Å². The normalized spacial score (nSPS) is 17.9. The Kier molecular flexibility index (Phi) is 7.05. The molecule has 0 radical (unpaired) electrons. The summed E-state index contributed by atoms with van der Waals surface area (Å²) in [5.74, 6) is 0. The fourth-order valence-electron chi connectivity index (χ4n) is 3.49. The van der Waals surface area contributed by atoms with Crippen LogP contribution in [0.15, 0.2) is 60.4 Å². The van der Waals surface area contributed by atoms with Gasteiger partial charge in [-0.05, 0) is 47.9 Å². The number of alkyl halides is 3. The maximum atomic E-state index is 14.2. The highest BCUT2D eigenvalue weighted by atomic mass is 35.5. The Morgan fingerprint density at radius 3 is 2.33 bits per heavy atom. The van der Waals surface area contributed by atoms with Gasteiger partial charge in [0.05, 0.1) is 12.3 Å². The minimum atomic E-state index is -4.74. The van der Waals surface area contributed by atoms with Crippen molar-refractivity contribution in [1.82, 2.24) is 10.2 Å². The lowest BCUT2D eigenvalue weighted by Crippen LogP contribution is -2.42. The lowest BCUT2D eigenvalue weighted by molar-refractivity contribution is -0.275. The van der Waals surface area contributed by atoms with E-state index in [9.17, 15) is 13.2 Å². The third kappa shape index (κ3) is 5.14. The first-order valence-corrected chi connectivity index (χ1v) is 10.8. The van der Waals surface area contributed by atoms with E-state index in [0.29, 0.717) is 17.8 Å². The van der Waals surface area contributed by atoms with E-state index in [0.717, 1.165) is 16.8 Å². The zero-order valence-corrected chi connectivity index (χ0v) is 20.0. The maximum Gasteiger partial charge on any atom is 0.435 e. The lowest BCUT2D eigenvalue weighted by Gasteiger charge is -2.29. The summed E-state index contributed by atoms with van der Waals surface area (Å²) in [5.41, 5.74) is 1.09. The van der Waals surface area contributed by atoms with Crippen molar-refractivity contribution in [2.75, 3.05) is 20.6 Å². The summed E-state index contributed by atoms with van der Waals surface area (Å²) in [4.78, 5) is 6.97. The van der Waals surface area contributed by atoms with Crippen LogP contribution < -0.4 is 5.32 Å². The molecule has 1 N–H and O–H groups in total. The van der Waals surface area contributed by atoms with Gasteiger partial charge in [0.2, 0.25) is 0 Å². The number of benzene rings is 2. The molecule has 1 aliphatic rings. The second kappa shape index (κ2) is 9.31. The van der Waals surface area contributed by atoms with Crippen LogP contribution in [0.1, 0.15) is 28.7 Å². The predicted octanol–water partition coefficient (Wildman–Crippen LogP) is 6.52. The Bertz CT molecular complexity index is 1110. The molecule has 2 aromatic carbocycles. The zero-order valence-electron chi connectivity index (χ0n) is 18.5. The maximum absolute atomic E-state index is 14.2. The van der Waals surface area contributed by atoms with Gasteiger partial charge in [-0.3, -0.25) is 0 Å². The van der Waals surface area contributed by atoms with E-state index in [-0.39, 0.29) is 21.3 Å². The summed E-state index contributed by atoms with van der Waals surface area (Å²) in [5, 5.41) is 7.19. The average Bonchev–Trinajstić information content (AvgIpc) is 3.18. The van der Waals surface area contributed by atoms with Crippen LogP contribution in [-0.4, -0.2) is 37.4 Å². The molecule has 2 aromatic rings. The topological polar surface area (TPSA) is 36.9 Å². The van der Waals surface area contributed by atoms with E-state index in [4.69, 9.17) is 28.0 Å². The second-order valence-electron chi connectivity index (χ2n) is 8.11. The van der Waals surface area contributed by atoms with E-state index in [1.54, 1.807) is 18.2 Å². The standard InChI is InChI=1S/C24H24Cl2F3N3O/c1-14-8-17(6-7-21(14)16(3)30-13-15(2)32(4)5)22-12-23(33-31-22,24(27,28)29)18-9-19(25)11-20(26)10-18/h6-11,30H,2-3,12-13H2,1,4-5H3. The Balaban J connectivity index is 1.85. The zero-order chi connectivity index (χ0) is 24.6. The summed E-state index contributed by atoms with van der Waals surface area (Å²) < 4.78 is 42.6. The number of likely N-dealkylation sites (N-methyl/N-ethyl adjacent to an activating group) is 1. The molecule has 0 saturated heterocycles. The molecule has 0 fully saturated rings. The highest BCUT2D eigenvalue weighted by Gasteiger charge is 2.62. The van der Waals surface area contributed by atoms with E-state index in [1.165, 1.54) is 18.2 Å². The van der Waals surface area contributed by atoms with Crippen LogP contribution in [0, 0.1) is 6.92 Å². The number of halogens is 5. The average molecular weight is 498 g/mol. The Hall–Kier alpha value is -2.64. The third-order valence-electron chi connectivity index (χ3n) is 5.54. The Labute approximate surface area is 201 Å². The van der Waals surface area contributed by atoms with Crippen molar-refractivity contribution in [3.8, 4) is 0 Å². The minimum absolute atomic E-state index is 0.0846. The molecular formula is C24H24Cl2F3N3O. The van der Waals surface area contributed by atoms with Crippen LogP contribution in [0.25, 0.3) is 5.70 Å². The van der Waals surface area contributed by atoms with Gasteiger partial charge < -0.3 is 15.1 Å². The molecule has 0 saturated carbocycles. The summed E-state index contributed by atoms with van der Waals surface area (Å²) in [7, 11) is 3.80. The molecule has 9 heteroatoms. The van der Waals surface area contributed by atoms with E-state index < -0.39 is 18.2 Å². The summed E-state index contributed by atoms with van der Waals surface area (Å²) in [6.45, 7) is 10.4. The first-order valence-electron chi connectivity index (χ1n) is 10.0. The number of rotatable bonds is 7. The van der Waals surface area contributed by atoms with Crippen molar-refractivity contribution >= 4 is 34.6 Å². The van der Waals surface area contributed by atoms with Gasteiger partial charge >= 0.3 is 6.18 Å². The third-order valence-corrected chi connectivity index (χ3v) is 5.97. The molecule has 3 rings (SSSR count). The van der Waals surface area contributed by atoms with Gasteiger partial charge in [0.15, 0.2) is 0 Å². The van der Waals surface area contributed by atoms with Crippen molar-refractivity contribution < 1.29 is 18.0 Å². The van der Waals surface area contributed by atoms with Crippen molar-refractivity contribution in [1.29, 1.82) is 0 Å². The summed E-state index contributed by atoms with van der Waals surface area (Å²) in [6.07, 6.45) is -5.25. The molecule has 176 valence electrons. The highest BCUT2D eigenvalue weighted by molar-refractivity contribution is 6.34. The van der Waals surface area contributed by atoms with Crippen LogP contribution in [0.5, 0.6) is 0 Å². The molecule has 33 heavy (non-hydrogen) atoms. The first kappa shape index (κ1) is 25.0. The molecule has 0 aromatic heterocycles. The van der Waals surface area contributed by atoms with Crippen LogP contribution in [0.2, 0.25) is 10.0 Å². The Morgan fingerprint density at radius 1 is 1.15 bits per heavy atom. The first-order chi connectivity index (χ1) is 15.3. The lowest BCUT2D eigenvalue weighted by atomic mass is 9.86. The van der Waals surface area contributed by atoms with Gasteiger partial charge in [0, 0.05) is 47.5 Å². The molecular weight excluding hydrogens is 474 g/mol. The molecule has 0 amide bonds. The number of oxime groups is 1. The fourth-order valence-corrected chi connectivity index (χ4v) is 4.02.